The molecule has 0 spiro atoms. The Morgan fingerprint density at radius 3 is 2.68 bits per heavy atom. The van der Waals surface area contributed by atoms with Crippen LogP contribution in [-0.2, 0) is 11.3 Å². The first-order chi connectivity index (χ1) is 18.5. The zero-order valence-corrected chi connectivity index (χ0v) is 22.0. The monoisotopic (exact) mass is 527 g/mol. The molecule has 5 rings (SSSR count). The maximum absolute atomic E-state index is 12.6. The van der Waals surface area contributed by atoms with Crippen molar-refractivity contribution in [3.63, 3.8) is 0 Å². The number of para-hydroxylation sites is 2. The molecule has 4 N–H and O–H groups in total. The van der Waals surface area contributed by atoms with Crippen molar-refractivity contribution in [1.29, 1.82) is 0 Å². The van der Waals surface area contributed by atoms with Crippen molar-refractivity contribution in [2.45, 2.75) is 6.54 Å². The zero-order valence-electron chi connectivity index (χ0n) is 21.2. The lowest BCUT2D eigenvalue weighted by Crippen LogP contribution is -2.22. The number of benzene rings is 2. The van der Waals surface area contributed by atoms with Crippen LogP contribution in [0.2, 0.25) is 0 Å². The summed E-state index contributed by atoms with van der Waals surface area (Å²) in [6.07, 6.45) is 5.76. The molecule has 0 aliphatic carbocycles. The van der Waals surface area contributed by atoms with Crippen LogP contribution in [0.4, 0.5) is 22.2 Å². The summed E-state index contributed by atoms with van der Waals surface area (Å²) < 4.78 is 7.29. The molecule has 2 aromatic carbocycles. The minimum absolute atomic E-state index is 0.220. The van der Waals surface area contributed by atoms with Gasteiger partial charge in [0.25, 0.3) is 5.91 Å². The Kier molecular flexibility index (Phi) is 7.64. The minimum Gasteiger partial charge on any atom is -0.397 e. The molecule has 0 aliphatic heterocycles. The second-order valence-corrected chi connectivity index (χ2v) is 9.91. The number of methoxy groups -OCH3 is 1. The lowest BCUT2D eigenvalue weighted by molar-refractivity contribution is 0.102. The number of amides is 1. The van der Waals surface area contributed by atoms with Crippen LogP contribution in [0, 0.1) is 0 Å². The van der Waals surface area contributed by atoms with Gasteiger partial charge in [0, 0.05) is 49.4 Å². The molecule has 0 atom stereocenters. The summed E-state index contributed by atoms with van der Waals surface area (Å²) in [5.41, 5.74) is 11.5. The Morgan fingerprint density at radius 1 is 1.08 bits per heavy atom. The van der Waals surface area contributed by atoms with E-state index in [1.165, 1.54) is 0 Å². The average Bonchev–Trinajstić information content (AvgIpc) is 3.57. The maximum Gasteiger partial charge on any atom is 0.255 e. The summed E-state index contributed by atoms with van der Waals surface area (Å²) in [5, 5.41) is 6.91. The quantitative estimate of drug-likeness (QED) is 0.216. The number of pyridine rings is 1. The van der Waals surface area contributed by atoms with Gasteiger partial charge in [-0.25, -0.2) is 9.97 Å². The number of rotatable bonds is 10. The lowest BCUT2D eigenvalue weighted by atomic mass is 10.2. The standard InChI is InChI=1S/C28H29N7O2S/c1-34(14-15-37-2)18-20-6-5-13-35-24(16-30-26(20)35)25-17-31-28(38-25)32-21-11-9-19(10-12-21)27(36)33-23-8-4-3-7-22(23)29/h3-13,16-17H,14-15,18,29H2,1-2H3,(H,31,32)(H,33,36). The molecule has 0 unspecified atom stereocenters. The van der Waals surface area contributed by atoms with Gasteiger partial charge in [-0.2, -0.15) is 0 Å². The highest BCUT2D eigenvalue weighted by Crippen LogP contribution is 2.32. The van der Waals surface area contributed by atoms with Gasteiger partial charge < -0.3 is 21.1 Å². The number of likely N-dealkylation sites (N-methyl/N-ethyl adjacent to an activating group) is 1. The highest BCUT2D eigenvalue weighted by atomic mass is 32.1. The number of thiazole rings is 1. The number of fused-ring (bicyclic) bond motifs is 1. The van der Waals surface area contributed by atoms with Crippen LogP contribution in [0.5, 0.6) is 0 Å². The third-order valence-electron chi connectivity index (χ3n) is 6.10. The van der Waals surface area contributed by atoms with Crippen LogP contribution in [0.15, 0.2) is 79.3 Å². The molecule has 194 valence electrons. The normalized spacial score (nSPS) is 11.2. The summed E-state index contributed by atoms with van der Waals surface area (Å²) in [7, 11) is 3.79. The number of imidazole rings is 1. The number of nitrogens with zero attached hydrogens (tertiary/aromatic N) is 4. The maximum atomic E-state index is 12.6. The minimum atomic E-state index is -0.220. The molecule has 9 nitrogen and oxygen atoms in total. The molecule has 0 bridgehead atoms. The number of aromatic nitrogens is 3. The van der Waals surface area contributed by atoms with Gasteiger partial charge >= 0.3 is 0 Å². The number of anilines is 4. The van der Waals surface area contributed by atoms with E-state index in [1.807, 2.05) is 48.9 Å². The molecule has 1 amide bonds. The molecule has 0 fully saturated rings. The van der Waals surface area contributed by atoms with E-state index < -0.39 is 0 Å². The predicted octanol–water partition coefficient (Wildman–Crippen LogP) is 5.11. The summed E-state index contributed by atoms with van der Waals surface area (Å²) in [5.74, 6) is -0.220. The Hall–Kier alpha value is -4.25. The van der Waals surface area contributed by atoms with Gasteiger partial charge in [0.2, 0.25) is 0 Å². The van der Waals surface area contributed by atoms with Crippen molar-refractivity contribution >= 4 is 45.1 Å². The molecular formula is C28H29N7O2S. The van der Waals surface area contributed by atoms with Crippen molar-refractivity contribution in [2.24, 2.45) is 0 Å². The van der Waals surface area contributed by atoms with Crippen molar-refractivity contribution < 1.29 is 9.53 Å². The highest BCUT2D eigenvalue weighted by Gasteiger charge is 2.14. The molecule has 5 aromatic rings. The second kappa shape index (κ2) is 11.4. The Morgan fingerprint density at radius 2 is 1.89 bits per heavy atom. The van der Waals surface area contributed by atoms with Crippen LogP contribution < -0.4 is 16.4 Å². The van der Waals surface area contributed by atoms with Crippen molar-refractivity contribution in [2.75, 3.05) is 43.7 Å². The first-order valence-corrected chi connectivity index (χ1v) is 12.9. The van der Waals surface area contributed by atoms with E-state index >= 15 is 0 Å². The Balaban J connectivity index is 1.27. The van der Waals surface area contributed by atoms with Crippen LogP contribution in [0.3, 0.4) is 0 Å². The van der Waals surface area contributed by atoms with Crippen LogP contribution in [-0.4, -0.2) is 52.5 Å². The summed E-state index contributed by atoms with van der Waals surface area (Å²) >= 11 is 1.54. The van der Waals surface area contributed by atoms with Crippen LogP contribution >= 0.6 is 11.3 Å². The van der Waals surface area contributed by atoms with Crippen molar-refractivity contribution in [1.82, 2.24) is 19.3 Å². The fourth-order valence-electron chi connectivity index (χ4n) is 4.08. The van der Waals surface area contributed by atoms with Crippen LogP contribution in [0.25, 0.3) is 16.2 Å². The molecule has 0 aliphatic rings. The number of nitrogens with one attached hydrogen (secondary N) is 2. The molecule has 10 heteroatoms. The third kappa shape index (κ3) is 5.67. The Labute approximate surface area is 224 Å². The number of carbonyl (C=O) groups is 1. The van der Waals surface area contributed by atoms with E-state index in [-0.39, 0.29) is 5.91 Å². The topological polar surface area (TPSA) is 110 Å². The van der Waals surface area contributed by atoms with E-state index in [0.29, 0.717) is 23.5 Å². The van der Waals surface area contributed by atoms with E-state index in [0.717, 1.165) is 45.7 Å². The predicted molar refractivity (Wildman–Crippen MR) is 153 cm³/mol. The van der Waals surface area contributed by atoms with Gasteiger partial charge in [-0.15, -0.1) is 0 Å². The molecule has 3 aromatic heterocycles. The van der Waals surface area contributed by atoms with Gasteiger partial charge in [0.15, 0.2) is 5.13 Å². The highest BCUT2D eigenvalue weighted by molar-refractivity contribution is 7.18. The SMILES string of the molecule is COCCN(C)Cc1cccn2c(-c3cnc(Nc4ccc(C(=O)Nc5ccccc5N)cc4)s3)cnc12. The number of hydrogen-bond acceptors (Lipinski definition) is 8. The van der Waals surface area contributed by atoms with Crippen molar-refractivity contribution in [3.8, 4) is 10.6 Å². The average molecular weight is 528 g/mol. The summed E-state index contributed by atoms with van der Waals surface area (Å²) in [4.78, 5) is 25.1. The zero-order chi connectivity index (χ0) is 26.5. The molecule has 0 radical (unpaired) electrons. The lowest BCUT2D eigenvalue weighted by Gasteiger charge is -2.16. The molecule has 0 saturated carbocycles. The molecular weight excluding hydrogens is 498 g/mol. The van der Waals surface area contributed by atoms with E-state index in [1.54, 1.807) is 42.7 Å². The number of ether oxygens (including phenoxy) is 1. The van der Waals surface area contributed by atoms with Gasteiger partial charge in [-0.05, 0) is 49.5 Å². The fraction of sp³-hybridized carbons (Fsp3) is 0.179. The second-order valence-electron chi connectivity index (χ2n) is 8.87. The molecule has 38 heavy (non-hydrogen) atoms. The van der Waals surface area contributed by atoms with E-state index in [9.17, 15) is 4.79 Å². The fourth-order valence-corrected chi connectivity index (χ4v) is 4.92. The number of carbonyl (C=O) groups excluding carboxylic acids is 1. The summed E-state index contributed by atoms with van der Waals surface area (Å²) in [6.45, 7) is 2.32. The number of nitrogens with two attached hydrogens (primary N) is 1. The van der Waals surface area contributed by atoms with Gasteiger partial charge in [-0.1, -0.05) is 29.5 Å². The first-order valence-electron chi connectivity index (χ1n) is 12.1. The molecule has 3 heterocycles. The first kappa shape index (κ1) is 25.4. The molecule has 0 saturated heterocycles. The third-order valence-corrected chi connectivity index (χ3v) is 7.03. The van der Waals surface area contributed by atoms with Gasteiger partial charge in [0.1, 0.15) is 5.65 Å². The van der Waals surface area contributed by atoms with Gasteiger partial charge in [-0.3, -0.25) is 14.1 Å². The Bertz CT molecular complexity index is 1540. The van der Waals surface area contributed by atoms with E-state index in [4.69, 9.17) is 15.5 Å². The van der Waals surface area contributed by atoms with Gasteiger partial charge in [0.05, 0.1) is 34.7 Å². The smallest absolute Gasteiger partial charge is 0.255 e. The largest absolute Gasteiger partial charge is 0.397 e. The van der Waals surface area contributed by atoms with Crippen LogP contribution in [0.1, 0.15) is 15.9 Å². The van der Waals surface area contributed by atoms with Crippen molar-refractivity contribution in [3.05, 3.63) is 90.4 Å². The van der Waals surface area contributed by atoms with E-state index in [2.05, 4.69) is 38.0 Å². The summed E-state index contributed by atoms with van der Waals surface area (Å²) in [6, 6.07) is 18.6. The number of hydrogen-bond donors (Lipinski definition) is 3. The number of nitrogen functional groups attached to an aromatic ring is 1.